The molecule has 0 amide bonds. The molecule has 1 aliphatic rings. The van der Waals surface area contributed by atoms with E-state index in [1.807, 2.05) is 6.07 Å². The molecule has 5 nitrogen and oxygen atoms in total. The van der Waals surface area contributed by atoms with Gasteiger partial charge in [0.1, 0.15) is 0 Å². The highest BCUT2D eigenvalue weighted by molar-refractivity contribution is 7.89. The summed E-state index contributed by atoms with van der Waals surface area (Å²) in [6.45, 7) is 4.10. The highest BCUT2D eigenvalue weighted by Crippen LogP contribution is 2.28. The van der Waals surface area contributed by atoms with E-state index in [1.54, 1.807) is 26.0 Å². The van der Waals surface area contributed by atoms with E-state index >= 15 is 0 Å². The van der Waals surface area contributed by atoms with Crippen LogP contribution in [0.2, 0.25) is 0 Å². The van der Waals surface area contributed by atoms with Gasteiger partial charge in [-0.1, -0.05) is 0 Å². The third-order valence-electron chi connectivity index (χ3n) is 3.91. The molecular formula is C14H22N2O3S. The maximum atomic E-state index is 12.6. The SMILES string of the molecule is CN(C(C)(C)CO)S(=O)(=O)c1ccc2c(c1)CCCN2. The first kappa shape index (κ1) is 15.3. The van der Waals surface area contributed by atoms with Crippen LogP contribution < -0.4 is 5.32 Å². The van der Waals surface area contributed by atoms with Crippen molar-refractivity contribution >= 4 is 15.7 Å². The van der Waals surface area contributed by atoms with E-state index in [4.69, 9.17) is 0 Å². The predicted molar refractivity (Wildman–Crippen MR) is 79.4 cm³/mol. The molecule has 1 heterocycles. The number of aliphatic hydroxyl groups is 1. The van der Waals surface area contributed by atoms with E-state index in [9.17, 15) is 13.5 Å². The van der Waals surface area contributed by atoms with Crippen molar-refractivity contribution in [1.82, 2.24) is 4.31 Å². The maximum Gasteiger partial charge on any atom is 0.243 e. The first-order valence-electron chi connectivity index (χ1n) is 6.76. The molecule has 0 aliphatic carbocycles. The van der Waals surface area contributed by atoms with Crippen LogP contribution in [-0.2, 0) is 16.4 Å². The van der Waals surface area contributed by atoms with E-state index in [0.29, 0.717) is 0 Å². The second kappa shape index (κ2) is 5.35. The van der Waals surface area contributed by atoms with E-state index in [0.717, 1.165) is 30.6 Å². The zero-order valence-electron chi connectivity index (χ0n) is 12.2. The quantitative estimate of drug-likeness (QED) is 0.882. The second-order valence-corrected chi connectivity index (χ2v) is 7.76. The summed E-state index contributed by atoms with van der Waals surface area (Å²) in [5.41, 5.74) is 1.22. The molecule has 1 aliphatic heterocycles. The topological polar surface area (TPSA) is 69.6 Å². The van der Waals surface area contributed by atoms with E-state index in [-0.39, 0.29) is 11.5 Å². The van der Waals surface area contributed by atoms with Gasteiger partial charge >= 0.3 is 0 Å². The van der Waals surface area contributed by atoms with E-state index in [2.05, 4.69) is 5.32 Å². The molecule has 0 fully saturated rings. The fourth-order valence-electron chi connectivity index (χ4n) is 2.19. The largest absolute Gasteiger partial charge is 0.394 e. The Bertz CT molecular complexity index is 596. The highest BCUT2D eigenvalue weighted by Gasteiger charge is 2.33. The van der Waals surface area contributed by atoms with Crippen LogP contribution in [0.5, 0.6) is 0 Å². The van der Waals surface area contributed by atoms with Crippen LogP contribution in [-0.4, -0.2) is 43.6 Å². The summed E-state index contributed by atoms with van der Waals surface area (Å²) in [4.78, 5) is 0.281. The van der Waals surface area contributed by atoms with Crippen LogP contribution in [0, 0.1) is 0 Å². The van der Waals surface area contributed by atoms with Gasteiger partial charge in [0, 0.05) is 19.3 Å². The van der Waals surface area contributed by atoms with Crippen LogP contribution in [0.3, 0.4) is 0 Å². The summed E-state index contributed by atoms with van der Waals surface area (Å²) in [5, 5.41) is 12.6. The van der Waals surface area contributed by atoms with Gasteiger partial charge in [0.05, 0.1) is 17.0 Å². The standard InChI is InChI=1S/C14H22N2O3S/c1-14(2,10-17)16(3)20(18,19)12-6-7-13-11(9-12)5-4-8-15-13/h6-7,9,15,17H,4-5,8,10H2,1-3H3. The van der Waals surface area contributed by atoms with Crippen LogP contribution in [0.25, 0.3) is 0 Å². The van der Waals surface area contributed by atoms with Gasteiger partial charge in [0.2, 0.25) is 10.0 Å². The van der Waals surface area contributed by atoms with Gasteiger partial charge in [-0.2, -0.15) is 4.31 Å². The van der Waals surface area contributed by atoms with Gasteiger partial charge in [-0.05, 0) is 50.5 Å². The second-order valence-electron chi connectivity index (χ2n) is 5.79. The molecule has 20 heavy (non-hydrogen) atoms. The van der Waals surface area contributed by atoms with Crippen LogP contribution in [0.4, 0.5) is 5.69 Å². The van der Waals surface area contributed by atoms with Crippen molar-refractivity contribution in [2.24, 2.45) is 0 Å². The third kappa shape index (κ3) is 2.68. The lowest BCUT2D eigenvalue weighted by molar-refractivity contribution is 0.138. The number of hydrogen-bond donors (Lipinski definition) is 2. The summed E-state index contributed by atoms with van der Waals surface area (Å²) in [5.74, 6) is 0. The highest BCUT2D eigenvalue weighted by atomic mass is 32.2. The lowest BCUT2D eigenvalue weighted by Gasteiger charge is -2.33. The Kier molecular flexibility index (Phi) is 4.09. The number of aryl methyl sites for hydroxylation is 1. The zero-order chi connectivity index (χ0) is 15.0. The van der Waals surface area contributed by atoms with Crippen molar-refractivity contribution in [1.29, 1.82) is 0 Å². The fourth-order valence-corrected chi connectivity index (χ4v) is 3.75. The summed E-state index contributed by atoms with van der Waals surface area (Å²) in [6.07, 6.45) is 1.90. The Labute approximate surface area is 120 Å². The number of hydrogen-bond acceptors (Lipinski definition) is 4. The number of rotatable bonds is 4. The van der Waals surface area contributed by atoms with Gasteiger partial charge in [-0.15, -0.1) is 0 Å². The van der Waals surface area contributed by atoms with Crippen molar-refractivity contribution < 1.29 is 13.5 Å². The normalized spacial score (nSPS) is 15.8. The van der Waals surface area contributed by atoms with Crippen molar-refractivity contribution in [3.63, 3.8) is 0 Å². The Morgan fingerprint density at radius 1 is 1.40 bits per heavy atom. The number of likely N-dealkylation sites (N-methyl/N-ethyl adjacent to an activating group) is 1. The number of benzene rings is 1. The summed E-state index contributed by atoms with van der Waals surface area (Å²) >= 11 is 0. The molecule has 1 aromatic rings. The molecule has 112 valence electrons. The molecule has 2 rings (SSSR count). The lowest BCUT2D eigenvalue weighted by atomic mass is 10.0. The van der Waals surface area contributed by atoms with Crippen molar-refractivity contribution in [2.75, 3.05) is 25.5 Å². The number of anilines is 1. The Balaban J connectivity index is 2.40. The van der Waals surface area contributed by atoms with Crippen molar-refractivity contribution in [3.05, 3.63) is 23.8 Å². The smallest absolute Gasteiger partial charge is 0.243 e. The minimum Gasteiger partial charge on any atom is -0.394 e. The van der Waals surface area contributed by atoms with Gasteiger partial charge in [-0.3, -0.25) is 0 Å². The van der Waals surface area contributed by atoms with Crippen LogP contribution >= 0.6 is 0 Å². The van der Waals surface area contributed by atoms with Crippen molar-refractivity contribution in [3.8, 4) is 0 Å². The number of aliphatic hydroxyl groups excluding tert-OH is 1. The monoisotopic (exact) mass is 298 g/mol. The number of nitrogens with zero attached hydrogens (tertiary/aromatic N) is 1. The molecular weight excluding hydrogens is 276 g/mol. The lowest BCUT2D eigenvalue weighted by Crippen LogP contribution is -2.47. The summed E-state index contributed by atoms with van der Waals surface area (Å²) in [6, 6.07) is 5.18. The molecule has 0 spiro atoms. The summed E-state index contributed by atoms with van der Waals surface area (Å²) < 4.78 is 26.5. The number of sulfonamides is 1. The van der Waals surface area contributed by atoms with Gasteiger partial charge in [0.15, 0.2) is 0 Å². The average Bonchev–Trinajstić information content (AvgIpc) is 2.45. The van der Waals surface area contributed by atoms with Crippen molar-refractivity contribution in [2.45, 2.75) is 37.1 Å². The van der Waals surface area contributed by atoms with Gasteiger partial charge < -0.3 is 10.4 Å². The summed E-state index contributed by atoms with van der Waals surface area (Å²) in [7, 11) is -2.09. The van der Waals surface area contributed by atoms with Crippen LogP contribution in [0.1, 0.15) is 25.8 Å². The number of nitrogens with one attached hydrogen (secondary N) is 1. The van der Waals surface area contributed by atoms with E-state index in [1.165, 1.54) is 11.4 Å². The molecule has 0 bridgehead atoms. The Morgan fingerprint density at radius 3 is 2.75 bits per heavy atom. The molecule has 0 saturated heterocycles. The minimum atomic E-state index is -3.60. The minimum absolute atomic E-state index is 0.227. The fraction of sp³-hybridized carbons (Fsp3) is 0.571. The maximum absolute atomic E-state index is 12.6. The first-order chi connectivity index (χ1) is 9.29. The van der Waals surface area contributed by atoms with Gasteiger partial charge in [0.25, 0.3) is 0 Å². The number of fused-ring (bicyclic) bond motifs is 1. The molecule has 6 heteroatoms. The predicted octanol–water partition coefficient (Wildman–Crippen LogP) is 1.44. The zero-order valence-corrected chi connectivity index (χ0v) is 13.0. The van der Waals surface area contributed by atoms with Gasteiger partial charge in [-0.25, -0.2) is 8.42 Å². The average molecular weight is 298 g/mol. The Hall–Kier alpha value is -1.11. The molecule has 2 N–H and O–H groups in total. The molecule has 0 saturated carbocycles. The molecule has 0 unspecified atom stereocenters. The Morgan fingerprint density at radius 2 is 2.10 bits per heavy atom. The molecule has 1 aromatic carbocycles. The molecule has 0 radical (unpaired) electrons. The van der Waals surface area contributed by atoms with E-state index < -0.39 is 15.6 Å². The van der Waals surface area contributed by atoms with Crippen LogP contribution in [0.15, 0.2) is 23.1 Å². The third-order valence-corrected chi connectivity index (χ3v) is 5.98. The molecule has 0 atom stereocenters. The first-order valence-corrected chi connectivity index (χ1v) is 8.20. The molecule has 0 aromatic heterocycles.